The number of fused-ring (bicyclic) bond motifs is 1. The molecule has 2 aliphatic rings. The highest BCUT2D eigenvalue weighted by Crippen LogP contribution is 2.37. The van der Waals surface area contributed by atoms with Gasteiger partial charge in [0.15, 0.2) is 0 Å². The van der Waals surface area contributed by atoms with E-state index >= 15 is 0 Å². The van der Waals surface area contributed by atoms with E-state index in [1.54, 1.807) is 4.88 Å². The maximum absolute atomic E-state index is 4.89. The largest absolute Gasteiger partial charge is 0.317 e. The summed E-state index contributed by atoms with van der Waals surface area (Å²) in [4.78, 5) is 6.43. The molecule has 3 nitrogen and oxygen atoms in total. The molecule has 0 amide bonds. The van der Waals surface area contributed by atoms with Crippen LogP contribution >= 0.6 is 11.3 Å². The first-order chi connectivity index (χ1) is 7.84. The first-order valence-electron chi connectivity index (χ1n) is 6.23. The SMILES string of the molecule is CNC1(c2nc3c(s2)CCC3)CCNCC1. The summed E-state index contributed by atoms with van der Waals surface area (Å²) in [6.07, 6.45) is 6.09. The van der Waals surface area contributed by atoms with Crippen molar-refractivity contribution in [3.05, 3.63) is 15.6 Å². The van der Waals surface area contributed by atoms with Crippen LogP contribution in [0.4, 0.5) is 0 Å². The topological polar surface area (TPSA) is 37.0 Å². The third-order valence-corrected chi connectivity index (χ3v) is 5.30. The van der Waals surface area contributed by atoms with Crippen LogP contribution in [0.5, 0.6) is 0 Å². The van der Waals surface area contributed by atoms with Gasteiger partial charge < -0.3 is 10.6 Å². The van der Waals surface area contributed by atoms with E-state index in [1.165, 1.54) is 30.0 Å². The molecule has 16 heavy (non-hydrogen) atoms. The molecule has 0 bridgehead atoms. The van der Waals surface area contributed by atoms with Gasteiger partial charge in [-0.1, -0.05) is 0 Å². The minimum absolute atomic E-state index is 0.153. The average Bonchev–Trinajstić information content (AvgIpc) is 2.90. The van der Waals surface area contributed by atoms with Crippen LogP contribution < -0.4 is 10.6 Å². The third kappa shape index (κ3) is 1.60. The molecule has 1 saturated heterocycles. The van der Waals surface area contributed by atoms with Gasteiger partial charge >= 0.3 is 0 Å². The quantitative estimate of drug-likeness (QED) is 0.817. The third-order valence-electron chi connectivity index (χ3n) is 3.94. The first kappa shape index (κ1) is 10.7. The molecule has 3 rings (SSSR count). The molecule has 1 aromatic rings. The van der Waals surface area contributed by atoms with Crippen molar-refractivity contribution in [2.24, 2.45) is 0 Å². The smallest absolute Gasteiger partial charge is 0.113 e. The van der Waals surface area contributed by atoms with Gasteiger partial charge in [0.25, 0.3) is 0 Å². The molecule has 1 aliphatic carbocycles. The number of nitrogens with one attached hydrogen (secondary N) is 2. The monoisotopic (exact) mass is 237 g/mol. The van der Waals surface area contributed by atoms with Crippen molar-refractivity contribution in [3.63, 3.8) is 0 Å². The number of aryl methyl sites for hydroxylation is 2. The van der Waals surface area contributed by atoms with Crippen molar-refractivity contribution in [1.29, 1.82) is 0 Å². The summed E-state index contributed by atoms with van der Waals surface area (Å²) in [5.74, 6) is 0. The summed E-state index contributed by atoms with van der Waals surface area (Å²) in [7, 11) is 2.08. The van der Waals surface area contributed by atoms with Crippen LogP contribution in [-0.2, 0) is 18.4 Å². The number of thiazole rings is 1. The fourth-order valence-electron chi connectivity index (χ4n) is 2.82. The van der Waals surface area contributed by atoms with Gasteiger partial charge in [-0.15, -0.1) is 11.3 Å². The predicted octanol–water partition coefficient (Wildman–Crippen LogP) is 1.43. The van der Waals surface area contributed by atoms with Gasteiger partial charge in [-0.05, 0) is 52.2 Å². The van der Waals surface area contributed by atoms with Crippen LogP contribution in [0.25, 0.3) is 0 Å². The van der Waals surface area contributed by atoms with Crippen molar-refractivity contribution in [2.75, 3.05) is 20.1 Å². The van der Waals surface area contributed by atoms with Gasteiger partial charge in [0.2, 0.25) is 0 Å². The van der Waals surface area contributed by atoms with E-state index in [0.717, 1.165) is 25.9 Å². The zero-order valence-corrected chi connectivity index (χ0v) is 10.6. The van der Waals surface area contributed by atoms with Gasteiger partial charge in [-0.2, -0.15) is 0 Å². The lowest BCUT2D eigenvalue weighted by Gasteiger charge is -2.35. The number of piperidine rings is 1. The maximum atomic E-state index is 4.89. The fourth-order valence-corrected chi connectivity index (χ4v) is 4.22. The molecular formula is C12H19N3S. The number of hydrogen-bond donors (Lipinski definition) is 2. The van der Waals surface area contributed by atoms with E-state index in [0.29, 0.717) is 0 Å². The first-order valence-corrected chi connectivity index (χ1v) is 7.04. The second-order valence-corrected chi connectivity index (χ2v) is 5.91. The zero-order valence-electron chi connectivity index (χ0n) is 9.81. The molecule has 0 saturated carbocycles. The Labute approximate surface area is 101 Å². The Hall–Kier alpha value is -0.450. The Bertz CT molecular complexity index is 358. The Morgan fingerprint density at radius 2 is 2.12 bits per heavy atom. The summed E-state index contributed by atoms with van der Waals surface area (Å²) in [6.45, 7) is 2.20. The number of nitrogens with zero attached hydrogens (tertiary/aromatic N) is 1. The molecule has 2 N–H and O–H groups in total. The van der Waals surface area contributed by atoms with Crippen molar-refractivity contribution >= 4 is 11.3 Å². The van der Waals surface area contributed by atoms with E-state index in [4.69, 9.17) is 4.98 Å². The van der Waals surface area contributed by atoms with Crippen molar-refractivity contribution in [3.8, 4) is 0 Å². The molecule has 4 heteroatoms. The summed E-state index contributed by atoms with van der Waals surface area (Å²) in [6, 6.07) is 0. The molecule has 0 radical (unpaired) electrons. The summed E-state index contributed by atoms with van der Waals surface area (Å²) >= 11 is 1.95. The lowest BCUT2D eigenvalue weighted by Crippen LogP contribution is -2.48. The number of rotatable bonds is 2. The molecule has 1 aliphatic heterocycles. The zero-order chi connectivity index (χ0) is 11.0. The Balaban J connectivity index is 1.93. The Morgan fingerprint density at radius 3 is 2.81 bits per heavy atom. The molecule has 0 aromatic carbocycles. The Morgan fingerprint density at radius 1 is 1.31 bits per heavy atom. The van der Waals surface area contributed by atoms with Gasteiger partial charge in [0.05, 0.1) is 11.2 Å². The molecular weight excluding hydrogens is 218 g/mol. The van der Waals surface area contributed by atoms with Crippen LogP contribution in [0.15, 0.2) is 0 Å². The molecule has 2 heterocycles. The van der Waals surface area contributed by atoms with Gasteiger partial charge in [0, 0.05) is 4.88 Å². The summed E-state index contributed by atoms with van der Waals surface area (Å²) in [5, 5.41) is 8.29. The molecule has 88 valence electrons. The highest BCUT2D eigenvalue weighted by atomic mass is 32.1. The predicted molar refractivity (Wildman–Crippen MR) is 67.0 cm³/mol. The van der Waals surface area contributed by atoms with Crippen LogP contribution in [0.2, 0.25) is 0 Å². The molecule has 1 aromatic heterocycles. The van der Waals surface area contributed by atoms with Gasteiger partial charge in [-0.3, -0.25) is 0 Å². The highest BCUT2D eigenvalue weighted by Gasteiger charge is 2.36. The van der Waals surface area contributed by atoms with Crippen LogP contribution in [-0.4, -0.2) is 25.1 Å². The summed E-state index contributed by atoms with van der Waals surface area (Å²) < 4.78 is 0. The minimum Gasteiger partial charge on any atom is -0.317 e. The van der Waals surface area contributed by atoms with Gasteiger partial charge in [-0.25, -0.2) is 4.98 Å². The molecule has 0 atom stereocenters. The van der Waals surface area contributed by atoms with Crippen molar-refractivity contribution in [1.82, 2.24) is 15.6 Å². The highest BCUT2D eigenvalue weighted by molar-refractivity contribution is 7.12. The van der Waals surface area contributed by atoms with Crippen LogP contribution in [0, 0.1) is 0 Å². The molecule has 0 spiro atoms. The van der Waals surface area contributed by atoms with E-state index in [-0.39, 0.29) is 5.54 Å². The second kappa shape index (κ2) is 4.09. The number of hydrogen-bond acceptors (Lipinski definition) is 4. The van der Waals surface area contributed by atoms with E-state index < -0.39 is 0 Å². The van der Waals surface area contributed by atoms with Crippen molar-refractivity contribution in [2.45, 2.75) is 37.6 Å². The van der Waals surface area contributed by atoms with Crippen LogP contribution in [0.3, 0.4) is 0 Å². The Kier molecular flexibility index (Phi) is 2.73. The summed E-state index contributed by atoms with van der Waals surface area (Å²) in [5.41, 5.74) is 1.54. The van der Waals surface area contributed by atoms with E-state index in [1.807, 2.05) is 11.3 Å². The fraction of sp³-hybridized carbons (Fsp3) is 0.750. The second-order valence-electron chi connectivity index (χ2n) is 4.82. The van der Waals surface area contributed by atoms with Crippen LogP contribution in [0.1, 0.15) is 34.8 Å². The normalized spacial score (nSPS) is 23.3. The number of aromatic nitrogens is 1. The minimum atomic E-state index is 0.153. The standard InChI is InChI=1S/C12H19N3S/c1-13-12(5-7-14-8-6-12)11-15-9-3-2-4-10(9)16-11/h13-14H,2-8H2,1H3. The maximum Gasteiger partial charge on any atom is 0.113 e. The van der Waals surface area contributed by atoms with Crippen molar-refractivity contribution < 1.29 is 0 Å². The lowest BCUT2D eigenvalue weighted by atomic mass is 9.89. The molecule has 0 unspecified atom stereocenters. The van der Waals surface area contributed by atoms with E-state index in [2.05, 4.69) is 17.7 Å². The van der Waals surface area contributed by atoms with E-state index in [9.17, 15) is 0 Å². The molecule has 1 fully saturated rings. The average molecular weight is 237 g/mol. The lowest BCUT2D eigenvalue weighted by molar-refractivity contribution is 0.262. The van der Waals surface area contributed by atoms with Gasteiger partial charge in [0.1, 0.15) is 5.01 Å².